The molecule has 0 spiro atoms. The Kier molecular flexibility index (Phi) is 22.0. The molecule has 0 amide bonds. The van der Waals surface area contributed by atoms with Gasteiger partial charge in [-0.25, -0.2) is 0 Å². The predicted octanol–water partition coefficient (Wildman–Crippen LogP) is 1.41. The van der Waals surface area contributed by atoms with Crippen LogP contribution in [-0.2, 0) is 32.7 Å². The molecular weight excluding hydrogens is 295 g/mol. The summed E-state index contributed by atoms with van der Waals surface area (Å²) in [4.78, 5) is 0. The fraction of sp³-hybridized carbons (Fsp3) is 0.818. The van der Waals surface area contributed by atoms with Gasteiger partial charge in [0.2, 0.25) is 0 Å². The Hall–Kier alpha value is 0.484. The van der Waals surface area contributed by atoms with E-state index in [2.05, 4.69) is 5.32 Å². The number of aliphatic hydroxyl groups excluding tert-OH is 2. The van der Waals surface area contributed by atoms with E-state index in [1.807, 2.05) is 20.8 Å². The van der Waals surface area contributed by atoms with Crippen molar-refractivity contribution < 1.29 is 42.9 Å². The first kappa shape index (κ1) is 22.6. The summed E-state index contributed by atoms with van der Waals surface area (Å²) < 4.78 is 0. The first-order valence-corrected chi connectivity index (χ1v) is 5.63. The zero-order chi connectivity index (χ0) is 13.0. The number of hydrogen-bond donors (Lipinski definition) is 3. The van der Waals surface area contributed by atoms with Gasteiger partial charge < -0.3 is 27.0 Å². The Bertz CT molecular complexity index is 180. The summed E-state index contributed by atoms with van der Waals surface area (Å²) in [5.41, 5.74) is 13.4. The van der Waals surface area contributed by atoms with Gasteiger partial charge in [-0.15, -0.1) is 18.7 Å². The molecule has 0 bridgehead atoms. The molecule has 0 aliphatic rings. The van der Waals surface area contributed by atoms with Crippen LogP contribution in [0.5, 0.6) is 0 Å². The molecule has 0 aliphatic carbocycles. The topological polar surface area (TPSA) is 104 Å². The third-order valence-corrected chi connectivity index (χ3v) is 1.86. The molecule has 5 N–H and O–H groups in total. The number of aliphatic hydroxyl groups is 2. The molecule has 0 rings (SSSR count). The van der Waals surface area contributed by atoms with Gasteiger partial charge in [0.15, 0.2) is 0 Å². The van der Waals surface area contributed by atoms with Gasteiger partial charge in [-0.05, 0) is 6.92 Å². The van der Waals surface area contributed by atoms with Crippen molar-refractivity contribution in [2.24, 2.45) is 5.73 Å². The summed E-state index contributed by atoms with van der Waals surface area (Å²) in [5, 5.41) is 21.8. The molecule has 0 heterocycles. The first-order chi connectivity index (χ1) is 7.61. The predicted molar refractivity (Wildman–Crippen MR) is 68.2 cm³/mol. The number of rotatable bonds is 7. The van der Waals surface area contributed by atoms with Gasteiger partial charge in [0.05, 0.1) is 12.7 Å². The van der Waals surface area contributed by atoms with Crippen molar-refractivity contribution in [2.45, 2.75) is 39.3 Å². The third-order valence-electron chi connectivity index (χ3n) is 1.86. The van der Waals surface area contributed by atoms with Crippen molar-refractivity contribution in [1.82, 2.24) is 0 Å². The van der Waals surface area contributed by atoms with E-state index in [1.165, 1.54) is 0 Å². The van der Waals surface area contributed by atoms with E-state index in [0.717, 1.165) is 5.57 Å². The summed E-state index contributed by atoms with van der Waals surface area (Å²) in [6, 6.07) is -0.437. The average Bonchev–Trinajstić information content (AvgIpc) is 2.35. The van der Waals surface area contributed by atoms with Crippen LogP contribution in [0.15, 0.2) is 11.8 Å². The van der Waals surface area contributed by atoms with Crippen molar-refractivity contribution in [2.75, 3.05) is 19.7 Å². The van der Waals surface area contributed by atoms with E-state index in [1.54, 1.807) is 6.20 Å². The molecule has 1 radical (unpaired) electrons. The Morgan fingerprint density at radius 1 is 1.47 bits per heavy atom. The number of nitrogens with two attached hydrogens (primary N) is 1. The van der Waals surface area contributed by atoms with Gasteiger partial charge >= 0.3 is 0 Å². The molecule has 6 heteroatoms. The summed E-state index contributed by atoms with van der Waals surface area (Å²) in [6.45, 7) is 6.27. The van der Waals surface area contributed by atoms with Gasteiger partial charge in [-0.3, -0.25) is 0 Å². The number of nitrogens with one attached hydrogen (secondary N) is 1. The van der Waals surface area contributed by atoms with Crippen LogP contribution < -0.4 is 5.73 Å². The summed E-state index contributed by atoms with van der Waals surface area (Å²) in [7, 11) is 0. The molecule has 0 aromatic rings. The molecule has 0 fully saturated rings. The number of hydrogen-bond acceptors (Lipinski definition) is 3. The van der Waals surface area contributed by atoms with Crippen molar-refractivity contribution >= 4 is 0 Å². The Morgan fingerprint density at radius 2 is 2.00 bits per heavy atom. The summed E-state index contributed by atoms with van der Waals surface area (Å²) in [6.07, 6.45) is 1.31. The molecule has 17 heavy (non-hydrogen) atoms. The fourth-order valence-electron chi connectivity index (χ4n) is 0.817. The van der Waals surface area contributed by atoms with Gasteiger partial charge in [-0.2, -0.15) is 6.20 Å². The SMILES string of the molecule is C/C(=C/[N-]CCC(N)C(O)CO)C[NH-].CC.[Y]. The standard InChI is InChI=1S/C9H19N3O2.C2H6.Y/c1-7(4-10)5-12-3-2-8(11)9(14)6-13;1-2;/h5,8-10,13-14H,2-4,6,11H2,1H3;1-2H3;/q-2;;/b7-5-;;. The van der Waals surface area contributed by atoms with Gasteiger partial charge in [0, 0.05) is 38.8 Å². The van der Waals surface area contributed by atoms with Crippen LogP contribution in [0.2, 0.25) is 0 Å². The minimum absolute atomic E-state index is 0. The maximum Gasteiger partial charge on any atom is 0.0920 e. The molecule has 5 nitrogen and oxygen atoms in total. The van der Waals surface area contributed by atoms with Crippen molar-refractivity contribution in [1.29, 1.82) is 0 Å². The van der Waals surface area contributed by atoms with E-state index in [0.29, 0.717) is 13.0 Å². The molecule has 0 saturated heterocycles. The molecule has 0 aromatic carbocycles. The Balaban J connectivity index is -0.000000616. The minimum Gasteiger partial charge on any atom is -0.691 e. The summed E-state index contributed by atoms with van der Waals surface area (Å²) in [5.74, 6) is 0. The van der Waals surface area contributed by atoms with Gasteiger partial charge in [0.25, 0.3) is 0 Å². The largest absolute Gasteiger partial charge is 0.691 e. The zero-order valence-corrected chi connectivity index (χ0v) is 13.9. The second kappa shape index (κ2) is 16.5. The normalized spacial score (nSPS) is 13.9. The minimum atomic E-state index is -0.869. The average molecular weight is 320 g/mol. The molecule has 0 aliphatic heterocycles. The van der Waals surface area contributed by atoms with Crippen molar-refractivity contribution in [3.8, 4) is 0 Å². The molecular formula is C11H25N3O2Y-2. The van der Waals surface area contributed by atoms with Crippen LogP contribution in [0.3, 0.4) is 0 Å². The number of nitrogens with zero attached hydrogens (tertiary/aromatic N) is 1. The van der Waals surface area contributed by atoms with Crippen LogP contribution >= 0.6 is 0 Å². The Labute approximate surface area is 130 Å². The Morgan fingerprint density at radius 3 is 2.41 bits per heavy atom. The first-order valence-electron chi connectivity index (χ1n) is 5.63. The van der Waals surface area contributed by atoms with Crippen LogP contribution in [0, 0.1) is 0 Å². The fourth-order valence-corrected chi connectivity index (χ4v) is 0.817. The van der Waals surface area contributed by atoms with E-state index in [-0.39, 0.29) is 45.9 Å². The van der Waals surface area contributed by atoms with Crippen LogP contribution in [0.1, 0.15) is 27.2 Å². The second-order valence-corrected chi connectivity index (χ2v) is 3.26. The molecule has 0 saturated carbocycles. The van der Waals surface area contributed by atoms with E-state index in [9.17, 15) is 0 Å². The van der Waals surface area contributed by atoms with E-state index in [4.69, 9.17) is 21.7 Å². The zero-order valence-electron chi connectivity index (χ0n) is 11.1. The second-order valence-electron chi connectivity index (χ2n) is 3.26. The quantitative estimate of drug-likeness (QED) is 0.618. The third kappa shape index (κ3) is 14.4. The maximum atomic E-state index is 9.12. The van der Waals surface area contributed by atoms with E-state index < -0.39 is 12.1 Å². The monoisotopic (exact) mass is 320 g/mol. The van der Waals surface area contributed by atoms with Crippen molar-refractivity contribution in [3.05, 3.63) is 22.8 Å². The maximum absolute atomic E-state index is 9.12. The van der Waals surface area contributed by atoms with E-state index >= 15 is 0 Å². The molecule has 2 unspecified atom stereocenters. The van der Waals surface area contributed by atoms with Crippen LogP contribution in [0.4, 0.5) is 0 Å². The summed E-state index contributed by atoms with van der Waals surface area (Å²) >= 11 is 0. The smallest absolute Gasteiger partial charge is 0.0920 e. The van der Waals surface area contributed by atoms with Crippen LogP contribution in [-0.4, -0.2) is 42.1 Å². The van der Waals surface area contributed by atoms with Crippen LogP contribution in [0.25, 0.3) is 11.1 Å². The molecule has 101 valence electrons. The van der Waals surface area contributed by atoms with Gasteiger partial charge in [-0.1, -0.05) is 20.3 Å². The molecule has 0 aromatic heterocycles. The molecule has 2 atom stereocenters. The van der Waals surface area contributed by atoms with Crippen molar-refractivity contribution in [3.63, 3.8) is 0 Å². The van der Waals surface area contributed by atoms with Gasteiger partial charge in [0.1, 0.15) is 0 Å².